The number of urea groups is 1. The first kappa shape index (κ1) is 17.2. The molecule has 6 heteroatoms. The van der Waals surface area contributed by atoms with Gasteiger partial charge in [0.25, 0.3) is 0 Å². The van der Waals surface area contributed by atoms with E-state index in [1.165, 1.54) is 19.1 Å². The summed E-state index contributed by atoms with van der Waals surface area (Å²) in [5.74, 6) is 0.0296. The van der Waals surface area contributed by atoms with Crippen molar-refractivity contribution in [2.75, 3.05) is 19.6 Å². The minimum absolute atomic E-state index is 0.0733. The second-order valence-corrected chi connectivity index (χ2v) is 6.13. The lowest BCUT2D eigenvalue weighted by Gasteiger charge is -2.25. The molecule has 2 N–H and O–H groups in total. The summed E-state index contributed by atoms with van der Waals surface area (Å²) in [6.45, 7) is 5.27. The Bertz CT molecular complexity index is 565. The molecule has 0 bridgehead atoms. The van der Waals surface area contributed by atoms with Crippen LogP contribution in [0.4, 0.5) is 9.18 Å². The second-order valence-electron chi connectivity index (χ2n) is 6.13. The van der Waals surface area contributed by atoms with Gasteiger partial charge in [-0.1, -0.05) is 19.1 Å². The van der Waals surface area contributed by atoms with Gasteiger partial charge in [0.1, 0.15) is 5.82 Å². The molecule has 1 aromatic rings. The summed E-state index contributed by atoms with van der Waals surface area (Å²) in [7, 11) is 0. The van der Waals surface area contributed by atoms with Crippen LogP contribution in [-0.4, -0.2) is 36.5 Å². The molecular weight excluding hydrogens is 297 g/mol. The van der Waals surface area contributed by atoms with Crippen LogP contribution in [0, 0.1) is 11.7 Å². The average molecular weight is 321 g/mol. The molecule has 1 fully saturated rings. The Morgan fingerprint density at radius 3 is 2.74 bits per heavy atom. The summed E-state index contributed by atoms with van der Waals surface area (Å²) < 4.78 is 13.4. The molecule has 1 heterocycles. The van der Waals surface area contributed by atoms with Crippen molar-refractivity contribution in [3.8, 4) is 0 Å². The molecule has 2 atom stereocenters. The highest BCUT2D eigenvalue weighted by Gasteiger charge is 2.34. The van der Waals surface area contributed by atoms with Gasteiger partial charge in [-0.05, 0) is 36.5 Å². The third-order valence-electron chi connectivity index (χ3n) is 4.01. The van der Waals surface area contributed by atoms with E-state index in [4.69, 9.17) is 0 Å². The molecule has 1 aliphatic heterocycles. The zero-order chi connectivity index (χ0) is 16.8. The van der Waals surface area contributed by atoms with Crippen LogP contribution < -0.4 is 10.6 Å². The van der Waals surface area contributed by atoms with Crippen LogP contribution in [0.15, 0.2) is 24.3 Å². The Morgan fingerprint density at radius 1 is 1.30 bits per heavy atom. The van der Waals surface area contributed by atoms with E-state index in [1.54, 1.807) is 11.0 Å². The van der Waals surface area contributed by atoms with E-state index < -0.39 is 0 Å². The van der Waals surface area contributed by atoms with Crippen molar-refractivity contribution in [3.63, 3.8) is 0 Å². The highest BCUT2D eigenvalue weighted by atomic mass is 19.1. The molecule has 0 unspecified atom stereocenters. The van der Waals surface area contributed by atoms with E-state index >= 15 is 0 Å². The van der Waals surface area contributed by atoms with Gasteiger partial charge < -0.3 is 15.5 Å². The van der Waals surface area contributed by atoms with Gasteiger partial charge in [0, 0.05) is 26.6 Å². The minimum atomic E-state index is -0.280. The van der Waals surface area contributed by atoms with Gasteiger partial charge in [0.2, 0.25) is 5.91 Å². The number of carbonyl (C=O) groups excluding carboxylic acids is 2. The highest BCUT2D eigenvalue weighted by molar-refractivity contribution is 5.75. The van der Waals surface area contributed by atoms with E-state index in [-0.39, 0.29) is 23.8 Å². The number of hydrogen-bond donors (Lipinski definition) is 2. The number of nitrogens with one attached hydrogen (secondary N) is 2. The maximum absolute atomic E-state index is 13.4. The Hall–Kier alpha value is -2.11. The van der Waals surface area contributed by atoms with Crippen LogP contribution in [0.2, 0.25) is 0 Å². The number of benzene rings is 1. The van der Waals surface area contributed by atoms with Gasteiger partial charge in [0.05, 0.1) is 6.04 Å². The van der Waals surface area contributed by atoms with Crippen molar-refractivity contribution in [2.24, 2.45) is 5.92 Å². The molecular formula is C17H24FN3O2. The number of amides is 3. The second kappa shape index (κ2) is 7.94. The van der Waals surface area contributed by atoms with Gasteiger partial charge in [-0.15, -0.1) is 0 Å². The number of likely N-dealkylation sites (tertiary alicyclic amines) is 1. The molecule has 0 aromatic heterocycles. The molecule has 126 valence electrons. The van der Waals surface area contributed by atoms with Gasteiger partial charge in [-0.3, -0.25) is 4.79 Å². The number of hydrogen-bond acceptors (Lipinski definition) is 2. The standard InChI is InChI=1S/C17H24FN3O2/c1-12-9-16(14-5-3-6-15(18)10-14)21(11-12)17(23)20-8-4-7-19-13(2)22/h3,5-6,10,12,16H,4,7-9,11H2,1-2H3,(H,19,22)(H,20,23)/t12-,16-/m0/s1. The molecule has 0 radical (unpaired) electrons. The summed E-state index contributed by atoms with van der Waals surface area (Å²) >= 11 is 0. The Labute approximate surface area is 136 Å². The molecule has 0 aliphatic carbocycles. The zero-order valence-corrected chi connectivity index (χ0v) is 13.6. The smallest absolute Gasteiger partial charge is 0.317 e. The summed E-state index contributed by atoms with van der Waals surface area (Å²) in [5.41, 5.74) is 0.836. The molecule has 1 aliphatic rings. The highest BCUT2D eigenvalue weighted by Crippen LogP contribution is 2.35. The normalized spacial score (nSPS) is 20.4. The third-order valence-corrected chi connectivity index (χ3v) is 4.01. The first-order chi connectivity index (χ1) is 11.0. The van der Waals surface area contributed by atoms with E-state index in [1.807, 2.05) is 6.07 Å². The third kappa shape index (κ3) is 4.94. The number of nitrogens with zero attached hydrogens (tertiary/aromatic N) is 1. The molecule has 1 aromatic carbocycles. The maximum Gasteiger partial charge on any atom is 0.317 e. The van der Waals surface area contributed by atoms with Crippen molar-refractivity contribution in [1.29, 1.82) is 0 Å². The maximum atomic E-state index is 13.4. The van der Waals surface area contributed by atoms with Crippen LogP contribution in [0.3, 0.4) is 0 Å². The van der Waals surface area contributed by atoms with E-state index in [0.717, 1.165) is 12.0 Å². The van der Waals surface area contributed by atoms with E-state index in [2.05, 4.69) is 17.6 Å². The van der Waals surface area contributed by atoms with Crippen molar-refractivity contribution in [1.82, 2.24) is 15.5 Å². The summed E-state index contributed by atoms with van der Waals surface area (Å²) in [6.07, 6.45) is 1.52. The van der Waals surface area contributed by atoms with E-state index in [9.17, 15) is 14.0 Å². The largest absolute Gasteiger partial charge is 0.356 e. The predicted octanol–water partition coefficient (Wildman–Crippen LogP) is 2.44. The van der Waals surface area contributed by atoms with Crippen molar-refractivity contribution < 1.29 is 14.0 Å². The quantitative estimate of drug-likeness (QED) is 0.818. The lowest BCUT2D eigenvalue weighted by atomic mass is 10.0. The van der Waals surface area contributed by atoms with Crippen molar-refractivity contribution >= 4 is 11.9 Å². The Balaban J connectivity index is 1.91. The van der Waals surface area contributed by atoms with Crippen molar-refractivity contribution in [2.45, 2.75) is 32.7 Å². The number of halogens is 1. The van der Waals surface area contributed by atoms with Gasteiger partial charge in [-0.25, -0.2) is 9.18 Å². The lowest BCUT2D eigenvalue weighted by Crippen LogP contribution is -2.40. The van der Waals surface area contributed by atoms with Crippen molar-refractivity contribution in [3.05, 3.63) is 35.6 Å². The molecule has 0 saturated carbocycles. The van der Waals surface area contributed by atoms with Crippen LogP contribution in [-0.2, 0) is 4.79 Å². The molecule has 5 nitrogen and oxygen atoms in total. The molecule has 23 heavy (non-hydrogen) atoms. The molecule has 2 rings (SSSR count). The fraction of sp³-hybridized carbons (Fsp3) is 0.529. The van der Waals surface area contributed by atoms with Gasteiger partial charge in [0.15, 0.2) is 0 Å². The summed E-state index contributed by atoms with van der Waals surface area (Å²) in [4.78, 5) is 24.9. The monoisotopic (exact) mass is 321 g/mol. The summed E-state index contributed by atoms with van der Waals surface area (Å²) in [5, 5.41) is 5.57. The fourth-order valence-corrected chi connectivity index (χ4v) is 2.95. The Morgan fingerprint density at radius 2 is 2.04 bits per heavy atom. The summed E-state index contributed by atoms with van der Waals surface area (Å²) in [6, 6.07) is 6.23. The SMILES string of the molecule is CC(=O)NCCCNC(=O)N1C[C@@H](C)C[C@H]1c1cccc(F)c1. The van der Waals surface area contributed by atoms with Crippen LogP contribution in [0.5, 0.6) is 0 Å². The minimum Gasteiger partial charge on any atom is -0.356 e. The lowest BCUT2D eigenvalue weighted by molar-refractivity contribution is -0.118. The van der Waals surface area contributed by atoms with Crippen LogP contribution >= 0.6 is 0 Å². The molecule has 0 spiro atoms. The fourth-order valence-electron chi connectivity index (χ4n) is 2.95. The molecule has 3 amide bonds. The zero-order valence-electron chi connectivity index (χ0n) is 13.6. The molecule has 1 saturated heterocycles. The number of carbonyl (C=O) groups is 2. The average Bonchev–Trinajstić information content (AvgIpc) is 2.88. The van der Waals surface area contributed by atoms with E-state index in [0.29, 0.717) is 32.0 Å². The first-order valence-corrected chi connectivity index (χ1v) is 8.01. The van der Waals surface area contributed by atoms with Gasteiger partial charge in [-0.2, -0.15) is 0 Å². The van der Waals surface area contributed by atoms with Gasteiger partial charge >= 0.3 is 6.03 Å². The van der Waals surface area contributed by atoms with Crippen LogP contribution in [0.25, 0.3) is 0 Å². The Kier molecular flexibility index (Phi) is 5.96. The van der Waals surface area contributed by atoms with Crippen LogP contribution in [0.1, 0.15) is 38.3 Å². The number of rotatable bonds is 5. The topological polar surface area (TPSA) is 61.4 Å². The predicted molar refractivity (Wildman–Crippen MR) is 86.3 cm³/mol. The first-order valence-electron chi connectivity index (χ1n) is 8.01.